The Morgan fingerprint density at radius 3 is 2.50 bits per heavy atom. The third-order valence-electron chi connectivity index (χ3n) is 6.27. The number of likely N-dealkylation sites (tertiary alicyclic amines) is 1. The van der Waals surface area contributed by atoms with Crippen molar-refractivity contribution in [1.82, 2.24) is 29.5 Å². The van der Waals surface area contributed by atoms with Gasteiger partial charge in [-0.05, 0) is 66.4 Å². The molecule has 0 aliphatic carbocycles. The average Bonchev–Trinajstić information content (AvgIpc) is 3.47. The van der Waals surface area contributed by atoms with Gasteiger partial charge in [-0.1, -0.05) is 0 Å². The fraction of sp³-hybridized carbons (Fsp3) is 0.273. The molecule has 6 heterocycles. The minimum atomic E-state index is 0.585. The number of halogens is 1. The average molecular weight is 509 g/mol. The summed E-state index contributed by atoms with van der Waals surface area (Å²) in [6.07, 6.45) is 8.62. The number of hydrogen-bond acceptors (Lipinski definition) is 6. The first-order valence-electron chi connectivity index (χ1n) is 10.1. The summed E-state index contributed by atoms with van der Waals surface area (Å²) in [5.74, 6) is 1.07. The minimum absolute atomic E-state index is 0.585. The number of rotatable bonds is 3. The Balaban J connectivity index is 1.37. The van der Waals surface area contributed by atoms with Gasteiger partial charge in [0, 0.05) is 61.1 Å². The molecule has 2 fully saturated rings. The van der Waals surface area contributed by atoms with E-state index in [1.54, 1.807) is 12.4 Å². The van der Waals surface area contributed by atoms with Gasteiger partial charge in [0.15, 0.2) is 5.65 Å². The van der Waals surface area contributed by atoms with Gasteiger partial charge in [-0.25, -0.2) is 14.5 Å². The van der Waals surface area contributed by atoms with Crippen molar-refractivity contribution >= 4 is 34.1 Å². The molecule has 4 aromatic rings. The first-order chi connectivity index (χ1) is 14.7. The van der Waals surface area contributed by atoms with Crippen molar-refractivity contribution in [2.75, 3.05) is 25.0 Å². The van der Waals surface area contributed by atoms with Crippen LogP contribution in [0.15, 0.2) is 55.1 Å². The normalized spacial score (nSPS) is 21.1. The van der Waals surface area contributed by atoms with E-state index in [9.17, 15) is 0 Å². The van der Waals surface area contributed by atoms with Gasteiger partial charge in [0.25, 0.3) is 0 Å². The maximum atomic E-state index is 4.87. The lowest BCUT2D eigenvalue weighted by molar-refractivity contribution is 0.292. The summed E-state index contributed by atoms with van der Waals surface area (Å²) in [5.41, 5.74) is 4.82. The quantitative estimate of drug-likeness (QED) is 0.395. The maximum absolute atomic E-state index is 4.87. The van der Waals surface area contributed by atoms with Crippen LogP contribution in [0.5, 0.6) is 0 Å². The first-order valence-corrected chi connectivity index (χ1v) is 11.1. The van der Waals surface area contributed by atoms with E-state index in [2.05, 4.69) is 61.5 Å². The molecule has 2 bridgehead atoms. The van der Waals surface area contributed by atoms with Gasteiger partial charge < -0.3 is 4.90 Å². The molecule has 6 rings (SSSR count). The molecule has 2 aliphatic rings. The molecule has 0 N–H and O–H groups in total. The van der Waals surface area contributed by atoms with Crippen LogP contribution in [0, 0.1) is 3.57 Å². The zero-order valence-corrected chi connectivity index (χ0v) is 18.6. The van der Waals surface area contributed by atoms with Gasteiger partial charge in [-0.3, -0.25) is 9.88 Å². The highest BCUT2D eigenvalue weighted by Gasteiger charge is 2.41. The van der Waals surface area contributed by atoms with E-state index in [4.69, 9.17) is 10.1 Å². The molecule has 0 aromatic carbocycles. The molecule has 0 amide bonds. The lowest BCUT2D eigenvalue weighted by Crippen LogP contribution is -2.44. The second kappa shape index (κ2) is 6.98. The van der Waals surface area contributed by atoms with Crippen molar-refractivity contribution in [3.63, 3.8) is 0 Å². The predicted molar refractivity (Wildman–Crippen MR) is 124 cm³/mol. The fourth-order valence-electron chi connectivity index (χ4n) is 4.69. The Hall–Kier alpha value is -2.59. The van der Waals surface area contributed by atoms with Crippen molar-refractivity contribution in [3.8, 4) is 22.5 Å². The van der Waals surface area contributed by atoms with Gasteiger partial charge in [0.05, 0.1) is 9.26 Å². The maximum Gasteiger partial charge on any atom is 0.169 e. The number of aromatic nitrogens is 5. The molecule has 150 valence electrons. The second-order valence-electron chi connectivity index (χ2n) is 8.00. The van der Waals surface area contributed by atoms with Crippen molar-refractivity contribution in [3.05, 3.63) is 58.7 Å². The molecular weight excluding hydrogens is 489 g/mol. The minimum Gasteiger partial charge on any atom is -0.351 e. The van der Waals surface area contributed by atoms with Crippen LogP contribution in [0.4, 0.5) is 5.82 Å². The molecular formula is C22H20IN7. The van der Waals surface area contributed by atoms with E-state index >= 15 is 0 Å². The van der Waals surface area contributed by atoms with Crippen molar-refractivity contribution in [2.45, 2.75) is 18.5 Å². The van der Waals surface area contributed by atoms with E-state index in [-0.39, 0.29) is 0 Å². The van der Waals surface area contributed by atoms with Crippen LogP contribution in [0.1, 0.15) is 6.42 Å². The van der Waals surface area contributed by atoms with Gasteiger partial charge >= 0.3 is 0 Å². The van der Waals surface area contributed by atoms with E-state index in [0.717, 1.165) is 50.6 Å². The second-order valence-corrected chi connectivity index (χ2v) is 9.08. The number of hydrogen-bond donors (Lipinski definition) is 0. The Kier molecular flexibility index (Phi) is 4.24. The summed E-state index contributed by atoms with van der Waals surface area (Å²) in [7, 11) is 2.22. The summed E-state index contributed by atoms with van der Waals surface area (Å²) in [5, 5.41) is 4.87. The SMILES string of the molecule is CN1C[C@@H]2C[C@H]1CN2c1ccc(-c2ccnc3c(I)c(-c4ccncc4)nn23)cn1. The highest BCUT2D eigenvalue weighted by atomic mass is 127. The number of pyridine rings is 2. The summed E-state index contributed by atoms with van der Waals surface area (Å²) in [6.45, 7) is 2.20. The number of likely N-dealkylation sites (N-methyl/N-ethyl adjacent to an activating group) is 1. The van der Waals surface area contributed by atoms with Gasteiger partial charge in [-0.2, -0.15) is 5.10 Å². The monoisotopic (exact) mass is 509 g/mol. The summed E-state index contributed by atoms with van der Waals surface area (Å²) >= 11 is 2.32. The molecule has 2 saturated heterocycles. The zero-order chi connectivity index (χ0) is 20.2. The van der Waals surface area contributed by atoms with Crippen LogP contribution in [0.2, 0.25) is 0 Å². The Bertz CT molecular complexity index is 1220. The molecule has 2 aliphatic heterocycles. The van der Waals surface area contributed by atoms with Crippen LogP contribution in [0.3, 0.4) is 0 Å². The third-order valence-corrected chi connectivity index (χ3v) is 7.26. The van der Waals surface area contributed by atoms with Crippen LogP contribution >= 0.6 is 22.6 Å². The summed E-state index contributed by atoms with van der Waals surface area (Å²) in [6, 6.07) is 11.5. The largest absolute Gasteiger partial charge is 0.351 e. The Morgan fingerprint density at radius 1 is 0.933 bits per heavy atom. The molecule has 8 heteroatoms. The smallest absolute Gasteiger partial charge is 0.169 e. The van der Waals surface area contributed by atoms with Crippen molar-refractivity contribution in [2.24, 2.45) is 0 Å². The Morgan fingerprint density at radius 2 is 1.80 bits per heavy atom. The van der Waals surface area contributed by atoms with Crippen LogP contribution in [-0.4, -0.2) is 61.7 Å². The number of piperazine rings is 1. The highest BCUT2D eigenvalue weighted by molar-refractivity contribution is 14.1. The molecule has 7 nitrogen and oxygen atoms in total. The van der Waals surface area contributed by atoms with Crippen molar-refractivity contribution < 1.29 is 0 Å². The summed E-state index contributed by atoms with van der Waals surface area (Å²) in [4.78, 5) is 18.4. The molecule has 2 atom stereocenters. The van der Waals surface area contributed by atoms with Gasteiger partial charge in [0.2, 0.25) is 0 Å². The lowest BCUT2D eigenvalue weighted by Gasteiger charge is -2.32. The van der Waals surface area contributed by atoms with E-state index in [1.165, 1.54) is 6.42 Å². The number of fused-ring (bicyclic) bond motifs is 3. The Labute approximate surface area is 187 Å². The zero-order valence-electron chi connectivity index (χ0n) is 16.5. The van der Waals surface area contributed by atoms with Crippen molar-refractivity contribution in [1.29, 1.82) is 0 Å². The van der Waals surface area contributed by atoms with Crippen LogP contribution in [-0.2, 0) is 0 Å². The topological polar surface area (TPSA) is 62.5 Å². The standard InChI is InChI=1S/C22H20IN7/c1-28-12-17-10-16(28)13-29(17)19-3-2-15(11-26-19)18-6-9-25-22-20(23)21(27-30(18)22)14-4-7-24-8-5-14/h2-9,11,16-17H,10,12-13H2,1H3/t16-,17-/m0/s1. The lowest BCUT2D eigenvalue weighted by atomic mass is 10.2. The summed E-state index contributed by atoms with van der Waals surface area (Å²) < 4.78 is 2.95. The molecule has 0 radical (unpaired) electrons. The predicted octanol–water partition coefficient (Wildman–Crippen LogP) is 3.35. The third kappa shape index (κ3) is 2.81. The van der Waals surface area contributed by atoms with Gasteiger partial charge in [-0.15, -0.1) is 0 Å². The molecule has 0 unspecified atom stereocenters. The highest BCUT2D eigenvalue weighted by Crippen LogP contribution is 2.34. The van der Waals surface area contributed by atoms with E-state index < -0.39 is 0 Å². The molecule has 0 saturated carbocycles. The first kappa shape index (κ1) is 18.2. The molecule has 30 heavy (non-hydrogen) atoms. The van der Waals surface area contributed by atoms with Crippen LogP contribution in [0.25, 0.3) is 28.2 Å². The van der Waals surface area contributed by atoms with Crippen LogP contribution < -0.4 is 4.90 Å². The van der Waals surface area contributed by atoms with E-state index in [0.29, 0.717) is 12.1 Å². The molecule has 4 aromatic heterocycles. The fourth-order valence-corrected chi connectivity index (χ4v) is 5.47. The van der Waals surface area contributed by atoms with Gasteiger partial charge in [0.1, 0.15) is 11.5 Å². The number of nitrogens with zero attached hydrogens (tertiary/aromatic N) is 7. The number of anilines is 1. The molecule has 0 spiro atoms. The van der Waals surface area contributed by atoms with E-state index in [1.807, 2.05) is 35.1 Å².